The highest BCUT2D eigenvalue weighted by atomic mass is 16.5. The molecule has 0 saturated heterocycles. The molecular formula is C13H24O7. The van der Waals surface area contributed by atoms with E-state index in [2.05, 4.69) is 4.74 Å². The fourth-order valence-corrected chi connectivity index (χ4v) is 2.22. The second-order valence-corrected chi connectivity index (χ2v) is 4.92. The lowest BCUT2D eigenvalue weighted by molar-refractivity contribution is -0.164. The van der Waals surface area contributed by atoms with Crippen molar-refractivity contribution in [2.45, 2.75) is 32.6 Å². The van der Waals surface area contributed by atoms with E-state index < -0.39 is 23.3 Å². The van der Waals surface area contributed by atoms with Crippen molar-refractivity contribution in [2.75, 3.05) is 26.4 Å². The van der Waals surface area contributed by atoms with E-state index in [1.54, 1.807) is 0 Å². The van der Waals surface area contributed by atoms with Gasteiger partial charge in [-0.2, -0.15) is 0 Å². The minimum absolute atomic E-state index is 0.0278. The Kier molecular flexibility index (Phi) is 9.11. The lowest BCUT2D eigenvalue weighted by atomic mass is 9.67. The molecule has 0 spiro atoms. The van der Waals surface area contributed by atoms with Crippen molar-refractivity contribution in [1.29, 1.82) is 0 Å². The van der Waals surface area contributed by atoms with Crippen molar-refractivity contribution in [3.63, 3.8) is 0 Å². The number of hydrogen-bond donors (Lipinski definition) is 4. The molecule has 1 rings (SSSR count). The third kappa shape index (κ3) is 5.85. The van der Waals surface area contributed by atoms with Crippen LogP contribution in [0, 0.1) is 11.3 Å². The summed E-state index contributed by atoms with van der Waals surface area (Å²) in [4.78, 5) is 21.7. The van der Waals surface area contributed by atoms with E-state index >= 15 is 0 Å². The zero-order valence-corrected chi connectivity index (χ0v) is 11.7. The predicted octanol–water partition coefficient (Wildman–Crippen LogP) is 0.340. The maximum absolute atomic E-state index is 10.9. The number of aliphatic hydroxyl groups is 2. The third-order valence-electron chi connectivity index (χ3n) is 3.47. The molecule has 0 aliphatic heterocycles. The minimum Gasteiger partial charge on any atom is -0.481 e. The maximum Gasteiger partial charge on any atom is 0.310 e. The van der Waals surface area contributed by atoms with Gasteiger partial charge in [-0.3, -0.25) is 9.59 Å². The van der Waals surface area contributed by atoms with E-state index in [4.69, 9.17) is 20.4 Å². The topological polar surface area (TPSA) is 124 Å². The van der Waals surface area contributed by atoms with Gasteiger partial charge in [-0.05, 0) is 19.8 Å². The molecule has 0 aromatic rings. The Morgan fingerprint density at radius 2 is 1.70 bits per heavy atom. The molecule has 0 amide bonds. The van der Waals surface area contributed by atoms with Gasteiger partial charge in [-0.1, -0.05) is 12.8 Å². The predicted molar refractivity (Wildman–Crippen MR) is 70.3 cm³/mol. The number of carboxylic acid groups (broad SMARTS) is 2. The van der Waals surface area contributed by atoms with Crippen molar-refractivity contribution in [3.05, 3.63) is 0 Å². The van der Waals surface area contributed by atoms with E-state index in [-0.39, 0.29) is 13.2 Å². The highest BCUT2D eigenvalue weighted by Crippen LogP contribution is 2.41. The SMILES string of the molecule is CC1(C(=O)O)CCCCC1C(=O)O.OCCOCCO. The van der Waals surface area contributed by atoms with Gasteiger partial charge in [0.1, 0.15) is 0 Å². The number of ether oxygens (including phenoxy) is 1. The fourth-order valence-electron chi connectivity index (χ4n) is 2.22. The molecule has 0 heterocycles. The molecule has 1 aliphatic carbocycles. The van der Waals surface area contributed by atoms with Crippen LogP contribution in [0.5, 0.6) is 0 Å². The lowest BCUT2D eigenvalue weighted by Gasteiger charge is -2.34. The molecule has 0 radical (unpaired) electrons. The van der Waals surface area contributed by atoms with Crippen LogP contribution in [0.3, 0.4) is 0 Å². The van der Waals surface area contributed by atoms with Crippen LogP contribution in [0.25, 0.3) is 0 Å². The van der Waals surface area contributed by atoms with Gasteiger partial charge in [0.2, 0.25) is 0 Å². The van der Waals surface area contributed by atoms with Gasteiger partial charge < -0.3 is 25.2 Å². The molecule has 0 aromatic heterocycles. The summed E-state index contributed by atoms with van der Waals surface area (Å²) >= 11 is 0. The molecule has 1 saturated carbocycles. The van der Waals surface area contributed by atoms with Crippen LogP contribution >= 0.6 is 0 Å². The molecule has 0 aromatic carbocycles. The summed E-state index contributed by atoms with van der Waals surface area (Å²) in [7, 11) is 0. The van der Waals surface area contributed by atoms with Crippen LogP contribution in [-0.2, 0) is 14.3 Å². The minimum atomic E-state index is -1.07. The highest BCUT2D eigenvalue weighted by molar-refractivity contribution is 5.83. The van der Waals surface area contributed by atoms with Crippen LogP contribution in [0.4, 0.5) is 0 Å². The van der Waals surface area contributed by atoms with Crippen molar-refractivity contribution < 1.29 is 34.8 Å². The molecule has 2 atom stereocenters. The van der Waals surface area contributed by atoms with E-state index in [9.17, 15) is 9.59 Å². The van der Waals surface area contributed by atoms with E-state index in [1.807, 2.05) is 0 Å². The quantitative estimate of drug-likeness (QED) is 0.520. The summed E-state index contributed by atoms with van der Waals surface area (Å²) in [6, 6.07) is 0. The van der Waals surface area contributed by atoms with Gasteiger partial charge >= 0.3 is 11.9 Å². The van der Waals surface area contributed by atoms with Crippen LogP contribution in [-0.4, -0.2) is 58.8 Å². The first-order valence-electron chi connectivity index (χ1n) is 6.65. The molecule has 1 aliphatic rings. The lowest BCUT2D eigenvalue weighted by Crippen LogP contribution is -2.42. The molecule has 1 fully saturated rings. The molecule has 20 heavy (non-hydrogen) atoms. The molecule has 118 valence electrons. The number of carbonyl (C=O) groups is 2. The Labute approximate surface area is 118 Å². The Morgan fingerprint density at radius 3 is 2.05 bits per heavy atom. The van der Waals surface area contributed by atoms with Crippen molar-refractivity contribution in [3.8, 4) is 0 Å². The van der Waals surface area contributed by atoms with Crippen LogP contribution in [0.1, 0.15) is 32.6 Å². The Balaban J connectivity index is 0.000000441. The summed E-state index contributed by atoms with van der Waals surface area (Å²) in [5.74, 6) is -2.69. The molecule has 2 unspecified atom stereocenters. The molecule has 7 heteroatoms. The van der Waals surface area contributed by atoms with Crippen LogP contribution < -0.4 is 0 Å². The zero-order chi connectivity index (χ0) is 15.6. The molecule has 0 bridgehead atoms. The average Bonchev–Trinajstić information content (AvgIpc) is 2.40. The van der Waals surface area contributed by atoms with E-state index in [0.29, 0.717) is 26.1 Å². The Bertz CT molecular complexity index is 301. The van der Waals surface area contributed by atoms with E-state index in [0.717, 1.165) is 12.8 Å². The Morgan fingerprint density at radius 1 is 1.15 bits per heavy atom. The fraction of sp³-hybridized carbons (Fsp3) is 0.846. The summed E-state index contributed by atoms with van der Waals surface area (Å²) in [6.07, 6.45) is 2.59. The smallest absolute Gasteiger partial charge is 0.310 e. The summed E-state index contributed by atoms with van der Waals surface area (Å²) in [6.45, 7) is 2.23. The van der Waals surface area contributed by atoms with Gasteiger partial charge in [0, 0.05) is 0 Å². The van der Waals surface area contributed by atoms with Gasteiger partial charge in [0.25, 0.3) is 0 Å². The molecular weight excluding hydrogens is 268 g/mol. The first-order chi connectivity index (χ1) is 9.40. The van der Waals surface area contributed by atoms with Crippen molar-refractivity contribution in [2.24, 2.45) is 11.3 Å². The molecule has 4 N–H and O–H groups in total. The first-order valence-corrected chi connectivity index (χ1v) is 6.65. The highest BCUT2D eigenvalue weighted by Gasteiger charge is 2.46. The summed E-state index contributed by atoms with van der Waals surface area (Å²) in [5, 5.41) is 34.0. The standard InChI is InChI=1S/C9H14O4.C4H10O3/c1-9(8(12)13)5-3-2-4-6(9)7(10)11;5-1-3-7-4-2-6/h6H,2-5H2,1H3,(H,10,11)(H,12,13);5-6H,1-4H2. The van der Waals surface area contributed by atoms with Gasteiger partial charge in [0.05, 0.1) is 37.8 Å². The van der Waals surface area contributed by atoms with Crippen LogP contribution in [0.15, 0.2) is 0 Å². The monoisotopic (exact) mass is 292 g/mol. The number of aliphatic hydroxyl groups excluding tert-OH is 2. The van der Waals surface area contributed by atoms with Gasteiger partial charge in [0.15, 0.2) is 0 Å². The second kappa shape index (κ2) is 9.68. The van der Waals surface area contributed by atoms with E-state index in [1.165, 1.54) is 6.92 Å². The maximum atomic E-state index is 10.9. The van der Waals surface area contributed by atoms with Gasteiger partial charge in [-0.15, -0.1) is 0 Å². The second-order valence-electron chi connectivity index (χ2n) is 4.92. The number of rotatable bonds is 6. The number of carboxylic acids is 2. The van der Waals surface area contributed by atoms with Crippen LogP contribution in [0.2, 0.25) is 0 Å². The normalized spacial score (nSPS) is 25.4. The zero-order valence-electron chi connectivity index (χ0n) is 11.7. The molecule has 7 nitrogen and oxygen atoms in total. The third-order valence-corrected chi connectivity index (χ3v) is 3.47. The average molecular weight is 292 g/mol. The largest absolute Gasteiger partial charge is 0.481 e. The van der Waals surface area contributed by atoms with Crippen molar-refractivity contribution >= 4 is 11.9 Å². The Hall–Kier alpha value is -1.18. The van der Waals surface area contributed by atoms with Gasteiger partial charge in [-0.25, -0.2) is 0 Å². The summed E-state index contributed by atoms with van der Waals surface area (Å²) in [5.41, 5.74) is -1.07. The number of hydrogen-bond acceptors (Lipinski definition) is 5. The first kappa shape index (κ1) is 18.8. The number of aliphatic carboxylic acids is 2. The summed E-state index contributed by atoms with van der Waals surface area (Å²) < 4.78 is 4.63. The van der Waals surface area contributed by atoms with Crippen molar-refractivity contribution in [1.82, 2.24) is 0 Å².